The van der Waals surface area contributed by atoms with E-state index in [-0.39, 0.29) is 10.6 Å². The first-order valence-electron chi connectivity index (χ1n) is 5.64. The Bertz CT molecular complexity index is 552. The molecule has 2 rings (SSSR count). The van der Waals surface area contributed by atoms with Crippen molar-refractivity contribution in [1.82, 2.24) is 0 Å². The van der Waals surface area contributed by atoms with Crippen LogP contribution >= 0.6 is 18.4 Å². The van der Waals surface area contributed by atoms with E-state index in [9.17, 15) is 18.5 Å². The van der Waals surface area contributed by atoms with Crippen LogP contribution in [-0.2, 0) is 7.01 Å². The number of hydrogen-bond acceptors (Lipinski definition) is 4. The first-order chi connectivity index (χ1) is 8.51. The van der Waals surface area contributed by atoms with Crippen molar-refractivity contribution in [2.24, 2.45) is 0 Å². The molecule has 100 valence electrons. The van der Waals surface area contributed by atoms with Gasteiger partial charge in [0, 0.05) is 0 Å². The van der Waals surface area contributed by atoms with E-state index in [0.717, 1.165) is 28.1 Å². The summed E-state index contributed by atoms with van der Waals surface area (Å²) < 4.78 is 26.4. The first kappa shape index (κ1) is 13.7. The molecule has 0 atom stereocenters. The number of non-ortho nitro benzene ring substituents is 1. The van der Waals surface area contributed by atoms with Gasteiger partial charge in [-0.15, -0.1) is 0 Å². The van der Waals surface area contributed by atoms with Crippen molar-refractivity contribution in [3.05, 3.63) is 34.4 Å². The van der Waals surface area contributed by atoms with E-state index < -0.39 is 30.4 Å². The van der Waals surface area contributed by atoms with Crippen LogP contribution in [0.3, 0.4) is 0 Å². The maximum absolute atomic E-state index is 12.4. The third kappa shape index (κ3) is 2.82. The molecule has 0 spiro atoms. The van der Waals surface area contributed by atoms with Crippen LogP contribution in [0.5, 0.6) is 0 Å². The predicted octanol–water partition coefficient (Wildman–Crippen LogP) is 2.97. The molecule has 0 amide bonds. The van der Waals surface area contributed by atoms with Gasteiger partial charge in [0.25, 0.3) is 0 Å². The van der Waals surface area contributed by atoms with Crippen LogP contribution in [-0.4, -0.2) is 22.2 Å². The van der Waals surface area contributed by atoms with Gasteiger partial charge in [-0.05, 0) is 0 Å². The normalized spacial score (nSPS) is 18.6. The van der Waals surface area contributed by atoms with Gasteiger partial charge < -0.3 is 0 Å². The minimum absolute atomic E-state index is 0.142. The molecule has 1 aliphatic heterocycles. The molecular formula is C11H14INO4S. The standard InChI is InChI=1S/C11H14INO4S/c14-13(15)10-5-4-6-11(9-10)18(16,17)12-7-2-1-3-8-12/h4-6,9H,1-3,7-8H2. The Kier molecular flexibility index (Phi) is 4.21. The number of rotatable bonds is 3. The van der Waals surface area contributed by atoms with Crippen molar-refractivity contribution >= 4 is 31.1 Å². The Morgan fingerprint density at radius 2 is 1.83 bits per heavy atom. The van der Waals surface area contributed by atoms with Gasteiger partial charge in [-0.1, -0.05) is 0 Å². The Labute approximate surface area is 111 Å². The summed E-state index contributed by atoms with van der Waals surface area (Å²) in [7, 11) is -3.27. The predicted molar refractivity (Wildman–Crippen MR) is 77.9 cm³/mol. The molecule has 1 fully saturated rings. The molecule has 1 aromatic carbocycles. The van der Waals surface area contributed by atoms with Gasteiger partial charge in [-0.3, -0.25) is 0 Å². The van der Waals surface area contributed by atoms with Crippen molar-refractivity contribution in [2.45, 2.75) is 24.2 Å². The van der Waals surface area contributed by atoms with Gasteiger partial charge in [0.05, 0.1) is 0 Å². The van der Waals surface area contributed by atoms with E-state index in [2.05, 4.69) is 0 Å². The van der Waals surface area contributed by atoms with E-state index in [1.54, 1.807) is 0 Å². The zero-order chi connectivity index (χ0) is 13.2. The summed E-state index contributed by atoms with van der Waals surface area (Å²) in [4.78, 5) is 10.3. The summed E-state index contributed by atoms with van der Waals surface area (Å²) in [5, 5.41) is 10.7. The van der Waals surface area contributed by atoms with Gasteiger partial charge in [0.2, 0.25) is 0 Å². The fourth-order valence-corrected chi connectivity index (χ4v) is 14.2. The van der Waals surface area contributed by atoms with Crippen LogP contribution in [0.1, 0.15) is 19.3 Å². The molecule has 0 aromatic heterocycles. The molecule has 1 aliphatic rings. The average molecular weight is 383 g/mol. The second-order valence-electron chi connectivity index (χ2n) is 4.04. The molecule has 1 heterocycles. The van der Waals surface area contributed by atoms with Crippen molar-refractivity contribution in [2.75, 3.05) is 8.86 Å². The zero-order valence-electron chi connectivity index (χ0n) is 9.71. The van der Waals surface area contributed by atoms with Crippen molar-refractivity contribution in [1.29, 1.82) is 0 Å². The van der Waals surface area contributed by atoms with Gasteiger partial charge in [0.1, 0.15) is 0 Å². The molecule has 18 heavy (non-hydrogen) atoms. The topological polar surface area (TPSA) is 77.3 Å². The summed E-state index contributed by atoms with van der Waals surface area (Å²) >= 11 is -2.05. The van der Waals surface area contributed by atoms with Crippen molar-refractivity contribution in [3.63, 3.8) is 0 Å². The molecule has 5 nitrogen and oxygen atoms in total. The Balaban J connectivity index is 2.34. The molecule has 7 heteroatoms. The Hall–Kier alpha value is -0.700. The van der Waals surface area contributed by atoms with Gasteiger partial charge in [0.15, 0.2) is 0 Å². The Morgan fingerprint density at radius 3 is 2.44 bits per heavy atom. The van der Waals surface area contributed by atoms with Crippen LogP contribution in [0, 0.1) is 10.1 Å². The fraction of sp³-hybridized carbons (Fsp3) is 0.455. The minimum atomic E-state index is -3.27. The number of nitro benzene ring substituents is 1. The van der Waals surface area contributed by atoms with E-state index in [1.807, 2.05) is 0 Å². The van der Waals surface area contributed by atoms with Gasteiger partial charge >= 0.3 is 112 Å². The average Bonchev–Trinajstić information content (AvgIpc) is 2.40. The number of nitro groups is 1. The molecule has 0 unspecified atom stereocenters. The Morgan fingerprint density at radius 1 is 1.17 bits per heavy atom. The molecular weight excluding hydrogens is 369 g/mol. The van der Waals surface area contributed by atoms with Crippen molar-refractivity contribution < 1.29 is 13.3 Å². The second-order valence-corrected chi connectivity index (χ2v) is 16.3. The third-order valence-electron chi connectivity index (χ3n) is 2.79. The van der Waals surface area contributed by atoms with E-state index in [1.165, 1.54) is 24.3 Å². The molecule has 1 aromatic rings. The summed E-state index contributed by atoms with van der Waals surface area (Å²) in [5.41, 5.74) is -0.149. The summed E-state index contributed by atoms with van der Waals surface area (Å²) in [5.74, 6) is 0. The fourth-order valence-electron chi connectivity index (χ4n) is 1.84. The number of alkyl halides is 2. The molecule has 0 saturated carbocycles. The van der Waals surface area contributed by atoms with Crippen LogP contribution < -0.4 is 0 Å². The number of nitrogens with zero attached hydrogens (tertiary/aromatic N) is 1. The second kappa shape index (κ2) is 5.52. The molecule has 0 radical (unpaired) electrons. The molecule has 0 N–H and O–H groups in total. The van der Waals surface area contributed by atoms with Crippen LogP contribution in [0.2, 0.25) is 0 Å². The third-order valence-corrected chi connectivity index (χ3v) is 16.6. The molecule has 1 saturated heterocycles. The van der Waals surface area contributed by atoms with Crippen LogP contribution in [0.15, 0.2) is 29.2 Å². The summed E-state index contributed by atoms with van der Waals surface area (Å²) in [6.07, 6.45) is 3.08. The number of hydrogen-bond donors (Lipinski definition) is 0. The molecule has 0 aliphatic carbocycles. The van der Waals surface area contributed by atoms with E-state index >= 15 is 0 Å². The summed E-state index contributed by atoms with van der Waals surface area (Å²) in [6, 6.07) is 5.45. The number of halogens is 1. The van der Waals surface area contributed by atoms with Crippen LogP contribution in [0.25, 0.3) is 0 Å². The van der Waals surface area contributed by atoms with Gasteiger partial charge in [-0.25, -0.2) is 0 Å². The number of benzene rings is 1. The first-order valence-corrected chi connectivity index (χ1v) is 12.7. The van der Waals surface area contributed by atoms with E-state index in [0.29, 0.717) is 0 Å². The quantitative estimate of drug-likeness (QED) is 0.264. The monoisotopic (exact) mass is 383 g/mol. The molecule has 0 bridgehead atoms. The van der Waals surface area contributed by atoms with Crippen molar-refractivity contribution in [3.8, 4) is 0 Å². The zero-order valence-corrected chi connectivity index (χ0v) is 12.7. The van der Waals surface area contributed by atoms with Gasteiger partial charge in [-0.2, -0.15) is 0 Å². The van der Waals surface area contributed by atoms with E-state index in [4.69, 9.17) is 0 Å². The maximum atomic E-state index is 12.4. The summed E-state index contributed by atoms with van der Waals surface area (Å²) in [6.45, 7) is 0. The van der Waals surface area contributed by atoms with Crippen LogP contribution in [0.4, 0.5) is 5.69 Å². The SMILES string of the molecule is O=[N+]([O-])c1cccc(S(=O)(=O)I2CCCCC2)c1.